The molecule has 0 radical (unpaired) electrons. The third kappa shape index (κ3) is 2.53. The van der Waals surface area contributed by atoms with Crippen molar-refractivity contribution >= 4 is 33.4 Å². The summed E-state index contributed by atoms with van der Waals surface area (Å²) in [5, 5.41) is 12.7. The molecule has 1 aliphatic rings. The van der Waals surface area contributed by atoms with E-state index in [0.29, 0.717) is 0 Å². The number of hydrogen-bond donors (Lipinski definition) is 1. The summed E-state index contributed by atoms with van der Waals surface area (Å²) in [5.74, 6) is 2.12. The van der Waals surface area contributed by atoms with E-state index in [-0.39, 0.29) is 5.54 Å². The zero-order valence-corrected chi connectivity index (χ0v) is 11.3. The van der Waals surface area contributed by atoms with Gasteiger partial charge in [0.15, 0.2) is 0 Å². The molecule has 0 unspecified atom stereocenters. The Bertz CT molecular complexity index is 408. The molecule has 1 N–H and O–H groups in total. The van der Waals surface area contributed by atoms with Crippen molar-refractivity contribution in [2.75, 3.05) is 16.8 Å². The Morgan fingerprint density at radius 2 is 2.00 bits per heavy atom. The maximum atomic E-state index is 9.36. The largest absolute Gasteiger partial charge is 0.366 e. The Hall–Kier alpha value is -0.660. The molecular formula is C12H13BrN2S. The first-order chi connectivity index (χ1) is 7.76. The Balaban J connectivity index is 2.19. The number of halogens is 1. The Morgan fingerprint density at radius 1 is 1.31 bits per heavy atom. The number of rotatable bonds is 2. The second-order valence-corrected chi connectivity index (χ2v) is 5.99. The lowest BCUT2D eigenvalue weighted by Crippen LogP contribution is -2.40. The molecule has 0 aliphatic carbocycles. The minimum absolute atomic E-state index is 0.380. The summed E-state index contributed by atoms with van der Waals surface area (Å²) in [7, 11) is 0. The van der Waals surface area contributed by atoms with E-state index in [1.807, 2.05) is 36.0 Å². The van der Waals surface area contributed by atoms with Gasteiger partial charge in [0, 0.05) is 10.2 Å². The molecule has 1 aromatic carbocycles. The second kappa shape index (κ2) is 5.11. The monoisotopic (exact) mass is 296 g/mol. The van der Waals surface area contributed by atoms with Crippen LogP contribution < -0.4 is 5.32 Å². The van der Waals surface area contributed by atoms with E-state index >= 15 is 0 Å². The molecule has 0 bridgehead atoms. The van der Waals surface area contributed by atoms with Gasteiger partial charge in [0.05, 0.1) is 6.07 Å². The van der Waals surface area contributed by atoms with Crippen LogP contribution in [0.4, 0.5) is 5.69 Å². The smallest absolute Gasteiger partial charge is 0.127 e. The SMILES string of the molecule is N#CC1(Nc2ccccc2Br)CCSCC1. The van der Waals surface area contributed by atoms with Crippen molar-refractivity contribution in [2.45, 2.75) is 18.4 Å². The molecule has 16 heavy (non-hydrogen) atoms. The highest BCUT2D eigenvalue weighted by Gasteiger charge is 2.32. The van der Waals surface area contributed by atoms with Gasteiger partial charge in [0.2, 0.25) is 0 Å². The Labute approximate surface area is 109 Å². The highest BCUT2D eigenvalue weighted by Crippen LogP contribution is 2.32. The van der Waals surface area contributed by atoms with E-state index in [1.54, 1.807) is 0 Å². The molecule has 1 fully saturated rings. The van der Waals surface area contributed by atoms with E-state index in [1.165, 1.54) is 0 Å². The maximum absolute atomic E-state index is 9.36. The third-order valence-electron chi connectivity index (χ3n) is 2.81. The van der Waals surface area contributed by atoms with E-state index in [9.17, 15) is 5.26 Å². The van der Waals surface area contributed by atoms with Crippen molar-refractivity contribution in [1.29, 1.82) is 5.26 Å². The molecule has 2 rings (SSSR count). The zero-order valence-electron chi connectivity index (χ0n) is 8.87. The number of nitrogens with one attached hydrogen (secondary N) is 1. The highest BCUT2D eigenvalue weighted by molar-refractivity contribution is 9.10. The molecule has 0 saturated carbocycles. The standard InChI is InChI=1S/C12H13BrN2S/c13-10-3-1-2-4-11(10)15-12(9-14)5-7-16-8-6-12/h1-4,15H,5-8H2. The number of thioether (sulfide) groups is 1. The summed E-state index contributed by atoms with van der Waals surface area (Å²) in [6.07, 6.45) is 1.82. The summed E-state index contributed by atoms with van der Waals surface area (Å²) >= 11 is 5.42. The topological polar surface area (TPSA) is 35.8 Å². The van der Waals surface area contributed by atoms with Gasteiger partial charge >= 0.3 is 0 Å². The van der Waals surface area contributed by atoms with Crippen molar-refractivity contribution in [3.8, 4) is 6.07 Å². The Morgan fingerprint density at radius 3 is 2.62 bits per heavy atom. The van der Waals surface area contributed by atoms with Crippen molar-refractivity contribution < 1.29 is 0 Å². The van der Waals surface area contributed by atoms with Crippen LogP contribution in [0.5, 0.6) is 0 Å². The van der Waals surface area contributed by atoms with Crippen LogP contribution in [0.2, 0.25) is 0 Å². The average Bonchev–Trinajstić information content (AvgIpc) is 2.33. The van der Waals surface area contributed by atoms with Gasteiger partial charge in [-0.15, -0.1) is 0 Å². The van der Waals surface area contributed by atoms with E-state index in [0.717, 1.165) is 34.5 Å². The Kier molecular flexibility index (Phi) is 3.78. The quantitative estimate of drug-likeness (QED) is 0.905. The number of hydrogen-bond acceptors (Lipinski definition) is 3. The highest BCUT2D eigenvalue weighted by atomic mass is 79.9. The maximum Gasteiger partial charge on any atom is 0.127 e. The van der Waals surface area contributed by atoms with Crippen molar-refractivity contribution in [2.24, 2.45) is 0 Å². The predicted molar refractivity (Wildman–Crippen MR) is 72.7 cm³/mol. The van der Waals surface area contributed by atoms with Crippen molar-refractivity contribution in [3.63, 3.8) is 0 Å². The first-order valence-corrected chi connectivity index (χ1v) is 7.22. The minimum atomic E-state index is -0.380. The number of nitrogens with zero attached hydrogens (tertiary/aromatic N) is 1. The summed E-state index contributed by atoms with van der Waals surface area (Å²) in [5.41, 5.74) is 0.630. The molecule has 0 spiro atoms. The summed E-state index contributed by atoms with van der Waals surface area (Å²) in [6, 6.07) is 10.4. The molecule has 84 valence electrons. The molecule has 0 aromatic heterocycles. The number of benzene rings is 1. The number of para-hydroxylation sites is 1. The fourth-order valence-corrected chi connectivity index (χ4v) is 3.38. The average molecular weight is 297 g/mol. The molecule has 1 heterocycles. The fourth-order valence-electron chi connectivity index (χ4n) is 1.80. The van der Waals surface area contributed by atoms with Crippen LogP contribution in [0, 0.1) is 11.3 Å². The molecule has 4 heteroatoms. The lowest BCUT2D eigenvalue weighted by atomic mass is 9.93. The van der Waals surface area contributed by atoms with Gasteiger partial charge < -0.3 is 5.32 Å². The third-order valence-corrected chi connectivity index (χ3v) is 4.49. The molecule has 1 aliphatic heterocycles. The zero-order chi connectivity index (χ0) is 11.4. The lowest BCUT2D eigenvalue weighted by molar-refractivity contribution is 0.545. The fraction of sp³-hybridized carbons (Fsp3) is 0.417. The summed E-state index contributed by atoms with van der Waals surface area (Å²) in [4.78, 5) is 0. The van der Waals surface area contributed by atoms with Gasteiger partial charge in [-0.1, -0.05) is 12.1 Å². The van der Waals surface area contributed by atoms with E-state index < -0.39 is 0 Å². The molecule has 0 atom stereocenters. The number of anilines is 1. The predicted octanol–water partition coefficient (Wildman–Crippen LogP) is 3.65. The summed E-state index contributed by atoms with van der Waals surface area (Å²) < 4.78 is 1.02. The molecule has 1 aromatic rings. The van der Waals surface area contributed by atoms with Crippen LogP contribution in [0.15, 0.2) is 28.7 Å². The van der Waals surface area contributed by atoms with E-state index in [4.69, 9.17) is 0 Å². The second-order valence-electron chi connectivity index (χ2n) is 3.91. The van der Waals surface area contributed by atoms with Gasteiger partial charge in [-0.3, -0.25) is 0 Å². The van der Waals surface area contributed by atoms with Crippen molar-refractivity contribution in [3.05, 3.63) is 28.7 Å². The van der Waals surface area contributed by atoms with Crippen LogP contribution in [-0.4, -0.2) is 17.0 Å². The first-order valence-electron chi connectivity index (χ1n) is 5.27. The van der Waals surface area contributed by atoms with Gasteiger partial charge in [0.1, 0.15) is 5.54 Å². The normalized spacial score (nSPS) is 18.8. The minimum Gasteiger partial charge on any atom is -0.366 e. The van der Waals surface area contributed by atoms with Gasteiger partial charge in [-0.05, 0) is 52.4 Å². The van der Waals surface area contributed by atoms with Gasteiger partial charge in [0.25, 0.3) is 0 Å². The van der Waals surface area contributed by atoms with Crippen LogP contribution in [0.3, 0.4) is 0 Å². The summed E-state index contributed by atoms with van der Waals surface area (Å²) in [6.45, 7) is 0. The van der Waals surface area contributed by atoms with E-state index in [2.05, 4.69) is 27.3 Å². The van der Waals surface area contributed by atoms with Crippen LogP contribution in [-0.2, 0) is 0 Å². The molecule has 1 saturated heterocycles. The number of nitriles is 1. The lowest BCUT2D eigenvalue weighted by Gasteiger charge is -2.32. The van der Waals surface area contributed by atoms with Gasteiger partial charge in [-0.25, -0.2) is 0 Å². The van der Waals surface area contributed by atoms with Crippen LogP contribution >= 0.6 is 27.7 Å². The van der Waals surface area contributed by atoms with Crippen molar-refractivity contribution in [1.82, 2.24) is 0 Å². The first kappa shape index (κ1) is 11.8. The van der Waals surface area contributed by atoms with Gasteiger partial charge in [-0.2, -0.15) is 17.0 Å². The molecular weight excluding hydrogens is 284 g/mol. The molecule has 2 nitrogen and oxygen atoms in total. The van der Waals surface area contributed by atoms with Crippen LogP contribution in [0.1, 0.15) is 12.8 Å². The molecule has 0 amide bonds. The van der Waals surface area contributed by atoms with Crippen LogP contribution in [0.25, 0.3) is 0 Å².